The smallest absolute Gasteiger partial charge is 0.170 e. The van der Waals surface area contributed by atoms with E-state index in [0.29, 0.717) is 21.5 Å². The molecule has 0 aliphatic heterocycles. The molecule has 0 unspecified atom stereocenters. The lowest BCUT2D eigenvalue weighted by molar-refractivity contribution is 0.318. The molecule has 3 N–H and O–H groups in total. The molecule has 0 spiro atoms. The van der Waals surface area contributed by atoms with Crippen LogP contribution in [-0.2, 0) is 0 Å². The van der Waals surface area contributed by atoms with E-state index < -0.39 is 0 Å². The normalized spacial score (nSPS) is 11.4. The maximum atomic E-state index is 13.2. The Labute approximate surface area is 123 Å². The second kappa shape index (κ2) is 5.92. The maximum Gasteiger partial charge on any atom is 0.170 e. The van der Waals surface area contributed by atoms with Crippen LogP contribution in [0, 0.1) is 12.7 Å². The van der Waals surface area contributed by atoms with E-state index in [1.54, 1.807) is 24.3 Å². The highest BCUT2D eigenvalue weighted by atomic mass is 79.9. The Morgan fingerprint density at radius 3 is 2.65 bits per heavy atom. The van der Waals surface area contributed by atoms with E-state index in [-0.39, 0.29) is 11.7 Å². The number of ether oxygens (including phenoxy) is 1. The Hall–Kier alpha value is -2.08. The third kappa shape index (κ3) is 3.08. The predicted octanol–water partition coefficient (Wildman–Crippen LogP) is 3.78. The number of amidine groups is 1. The van der Waals surface area contributed by atoms with E-state index in [1.165, 1.54) is 12.1 Å². The van der Waals surface area contributed by atoms with E-state index in [0.717, 1.165) is 5.56 Å². The van der Waals surface area contributed by atoms with Gasteiger partial charge in [0.1, 0.15) is 17.3 Å². The van der Waals surface area contributed by atoms with Crippen molar-refractivity contribution >= 4 is 21.8 Å². The molecule has 0 radical (unpaired) electrons. The van der Waals surface area contributed by atoms with E-state index in [4.69, 9.17) is 15.7 Å². The fourth-order valence-electron chi connectivity index (χ4n) is 1.60. The van der Waals surface area contributed by atoms with Crippen molar-refractivity contribution in [1.82, 2.24) is 0 Å². The van der Waals surface area contributed by atoms with Crippen LogP contribution in [0.2, 0.25) is 0 Å². The molecule has 0 saturated heterocycles. The Bertz CT molecular complexity index is 674. The van der Waals surface area contributed by atoms with Gasteiger partial charge in [-0.1, -0.05) is 11.2 Å². The summed E-state index contributed by atoms with van der Waals surface area (Å²) in [5.74, 6) is 0.574. The number of halogens is 2. The van der Waals surface area contributed by atoms with Gasteiger partial charge in [0.15, 0.2) is 5.84 Å². The molecule has 0 heterocycles. The van der Waals surface area contributed by atoms with Crippen LogP contribution < -0.4 is 10.5 Å². The first kappa shape index (κ1) is 14.3. The van der Waals surface area contributed by atoms with Gasteiger partial charge in [0.05, 0.1) is 4.47 Å². The van der Waals surface area contributed by atoms with Gasteiger partial charge in [-0.05, 0) is 52.7 Å². The van der Waals surface area contributed by atoms with Gasteiger partial charge >= 0.3 is 0 Å². The standard InChI is InChI=1S/C14H12BrFN2O2/c1-8-2-4-10(16)7-13(8)20-12-5-3-9(6-11(12)15)14(17)18-19/h2-7,19H,1H3,(H2,17,18). The van der Waals surface area contributed by atoms with Crippen LogP contribution in [0.25, 0.3) is 0 Å². The van der Waals surface area contributed by atoms with E-state index in [1.807, 2.05) is 6.92 Å². The number of hydrogen-bond acceptors (Lipinski definition) is 3. The quantitative estimate of drug-likeness (QED) is 0.387. The highest BCUT2D eigenvalue weighted by Crippen LogP contribution is 2.32. The zero-order valence-corrected chi connectivity index (χ0v) is 12.2. The Morgan fingerprint density at radius 1 is 1.25 bits per heavy atom. The van der Waals surface area contributed by atoms with Crippen molar-refractivity contribution in [3.05, 3.63) is 57.8 Å². The first-order chi connectivity index (χ1) is 9.51. The van der Waals surface area contributed by atoms with Gasteiger partial charge in [0, 0.05) is 11.6 Å². The van der Waals surface area contributed by atoms with Crippen LogP contribution in [0.1, 0.15) is 11.1 Å². The van der Waals surface area contributed by atoms with Gasteiger partial charge in [0.25, 0.3) is 0 Å². The summed E-state index contributed by atoms with van der Waals surface area (Å²) >= 11 is 3.33. The fraction of sp³-hybridized carbons (Fsp3) is 0.0714. The topological polar surface area (TPSA) is 67.8 Å². The van der Waals surface area contributed by atoms with Crippen molar-refractivity contribution in [3.63, 3.8) is 0 Å². The van der Waals surface area contributed by atoms with Crippen LogP contribution in [-0.4, -0.2) is 11.0 Å². The maximum absolute atomic E-state index is 13.2. The molecule has 2 rings (SSSR count). The molecule has 2 aromatic rings. The van der Waals surface area contributed by atoms with Crippen LogP contribution in [0.5, 0.6) is 11.5 Å². The Balaban J connectivity index is 2.33. The van der Waals surface area contributed by atoms with Crippen LogP contribution in [0.15, 0.2) is 46.0 Å². The molecule has 0 saturated carbocycles. The summed E-state index contributed by atoms with van der Waals surface area (Å²) in [4.78, 5) is 0. The minimum absolute atomic E-state index is 0.000754. The predicted molar refractivity (Wildman–Crippen MR) is 77.9 cm³/mol. The lowest BCUT2D eigenvalue weighted by Gasteiger charge is -2.11. The van der Waals surface area contributed by atoms with Crippen LogP contribution in [0.4, 0.5) is 4.39 Å². The summed E-state index contributed by atoms with van der Waals surface area (Å²) in [5, 5.41) is 11.5. The Kier molecular flexibility index (Phi) is 4.24. The minimum atomic E-state index is -0.366. The van der Waals surface area contributed by atoms with Crippen molar-refractivity contribution in [1.29, 1.82) is 0 Å². The van der Waals surface area contributed by atoms with Crippen molar-refractivity contribution < 1.29 is 14.3 Å². The van der Waals surface area contributed by atoms with Gasteiger partial charge < -0.3 is 15.7 Å². The number of nitrogens with two attached hydrogens (primary N) is 1. The van der Waals surface area contributed by atoms with Gasteiger partial charge in [-0.2, -0.15) is 0 Å². The highest BCUT2D eigenvalue weighted by Gasteiger charge is 2.09. The summed E-state index contributed by atoms with van der Waals surface area (Å²) in [5.41, 5.74) is 6.86. The summed E-state index contributed by atoms with van der Waals surface area (Å²) < 4.78 is 19.5. The molecule has 0 aliphatic carbocycles. The zero-order chi connectivity index (χ0) is 14.7. The summed E-state index contributed by atoms with van der Waals surface area (Å²) in [6.45, 7) is 1.83. The minimum Gasteiger partial charge on any atom is -0.456 e. The molecular formula is C14H12BrFN2O2. The fourth-order valence-corrected chi connectivity index (χ4v) is 2.06. The molecule has 20 heavy (non-hydrogen) atoms. The molecule has 0 amide bonds. The summed E-state index contributed by atoms with van der Waals surface area (Å²) in [7, 11) is 0. The summed E-state index contributed by atoms with van der Waals surface area (Å²) in [6.07, 6.45) is 0. The molecule has 0 aliphatic rings. The highest BCUT2D eigenvalue weighted by molar-refractivity contribution is 9.10. The first-order valence-electron chi connectivity index (χ1n) is 5.72. The second-order valence-electron chi connectivity index (χ2n) is 4.14. The van der Waals surface area contributed by atoms with Crippen LogP contribution >= 0.6 is 15.9 Å². The Morgan fingerprint density at radius 2 is 2.00 bits per heavy atom. The number of nitrogens with zero attached hydrogens (tertiary/aromatic N) is 1. The van der Waals surface area contributed by atoms with E-state index in [2.05, 4.69) is 21.1 Å². The number of oxime groups is 1. The van der Waals surface area contributed by atoms with Crippen molar-refractivity contribution in [2.75, 3.05) is 0 Å². The molecule has 2 aromatic carbocycles. The van der Waals surface area contributed by atoms with Crippen LogP contribution in [0.3, 0.4) is 0 Å². The first-order valence-corrected chi connectivity index (χ1v) is 6.52. The lowest BCUT2D eigenvalue weighted by Crippen LogP contribution is -2.12. The number of hydrogen-bond donors (Lipinski definition) is 2. The molecule has 0 atom stereocenters. The molecule has 6 heteroatoms. The molecule has 4 nitrogen and oxygen atoms in total. The number of aryl methyl sites for hydroxylation is 1. The van der Waals surface area contributed by atoms with E-state index in [9.17, 15) is 4.39 Å². The average molecular weight is 339 g/mol. The molecule has 0 bridgehead atoms. The molecule has 0 aromatic heterocycles. The second-order valence-corrected chi connectivity index (χ2v) is 5.00. The van der Waals surface area contributed by atoms with Crippen molar-refractivity contribution in [3.8, 4) is 11.5 Å². The SMILES string of the molecule is Cc1ccc(F)cc1Oc1ccc(/C(N)=N/O)cc1Br. The molecule has 104 valence electrons. The molecular weight excluding hydrogens is 327 g/mol. The van der Waals surface area contributed by atoms with Gasteiger partial charge in [-0.3, -0.25) is 0 Å². The number of benzene rings is 2. The van der Waals surface area contributed by atoms with Crippen molar-refractivity contribution in [2.24, 2.45) is 10.9 Å². The third-order valence-corrected chi connectivity index (χ3v) is 3.33. The largest absolute Gasteiger partial charge is 0.456 e. The third-order valence-electron chi connectivity index (χ3n) is 2.71. The molecule has 0 fully saturated rings. The average Bonchev–Trinajstić information content (AvgIpc) is 2.44. The van der Waals surface area contributed by atoms with Gasteiger partial charge in [-0.25, -0.2) is 4.39 Å². The van der Waals surface area contributed by atoms with Crippen molar-refractivity contribution in [2.45, 2.75) is 6.92 Å². The van der Waals surface area contributed by atoms with Gasteiger partial charge in [0.2, 0.25) is 0 Å². The van der Waals surface area contributed by atoms with Gasteiger partial charge in [-0.15, -0.1) is 0 Å². The zero-order valence-electron chi connectivity index (χ0n) is 10.6. The lowest BCUT2D eigenvalue weighted by atomic mass is 10.2. The number of rotatable bonds is 3. The monoisotopic (exact) mass is 338 g/mol. The summed E-state index contributed by atoms with van der Waals surface area (Å²) in [6, 6.07) is 9.28. The van der Waals surface area contributed by atoms with E-state index >= 15 is 0 Å².